The van der Waals surface area contributed by atoms with Gasteiger partial charge in [-0.3, -0.25) is 4.99 Å². The zero-order valence-corrected chi connectivity index (χ0v) is 16.1. The molecule has 0 aromatic carbocycles. The van der Waals surface area contributed by atoms with E-state index in [1.165, 1.54) is 0 Å². The lowest BCUT2D eigenvalue weighted by Gasteiger charge is -2.13. The van der Waals surface area contributed by atoms with Crippen molar-refractivity contribution in [3.63, 3.8) is 0 Å². The first kappa shape index (κ1) is 19.8. The van der Waals surface area contributed by atoms with Crippen LogP contribution >= 0.6 is 11.6 Å². The first-order valence-electron chi connectivity index (χ1n) is 8.34. The van der Waals surface area contributed by atoms with Gasteiger partial charge in [0, 0.05) is 24.4 Å². The van der Waals surface area contributed by atoms with Crippen LogP contribution in [0.2, 0.25) is 0 Å². The second-order valence-electron chi connectivity index (χ2n) is 6.03. The Kier molecular flexibility index (Phi) is 7.09. The Morgan fingerprint density at radius 2 is 2.31 bits per heavy atom. The van der Waals surface area contributed by atoms with Gasteiger partial charge in [-0.05, 0) is 31.9 Å². The number of nitrogens with one attached hydrogen (secondary N) is 1. The molecule has 1 saturated carbocycles. The number of nitrogens with zero attached hydrogens (tertiary/aromatic N) is 3. The lowest BCUT2D eigenvalue weighted by Crippen LogP contribution is -2.24. The van der Waals surface area contributed by atoms with E-state index in [0.29, 0.717) is 29.0 Å². The molecule has 0 aliphatic heterocycles. The average Bonchev–Trinajstić information content (AvgIpc) is 3.46. The minimum Gasteiger partial charge on any atom is -0.515 e. The van der Waals surface area contributed by atoms with E-state index in [-0.39, 0.29) is 5.88 Å². The zero-order chi connectivity index (χ0) is 19.1. The lowest BCUT2D eigenvalue weighted by molar-refractivity contribution is 0.309. The molecule has 7 heteroatoms. The molecule has 0 saturated heterocycles. The number of hydrogen-bond acceptors (Lipinski definition) is 5. The number of methoxy groups -OCH3 is 1. The summed E-state index contributed by atoms with van der Waals surface area (Å²) in [6, 6.07) is 2.25. The summed E-state index contributed by atoms with van der Waals surface area (Å²) in [5.74, 6) is 2.08. The normalized spacial score (nSPS) is 16.2. The molecule has 6 nitrogen and oxygen atoms in total. The van der Waals surface area contributed by atoms with Crippen molar-refractivity contribution in [1.29, 1.82) is 0 Å². The third-order valence-electron chi connectivity index (χ3n) is 3.84. The van der Waals surface area contributed by atoms with Gasteiger partial charge in [-0.15, -0.1) is 11.6 Å². The van der Waals surface area contributed by atoms with Crippen molar-refractivity contribution in [3.8, 4) is 0 Å². The van der Waals surface area contributed by atoms with Gasteiger partial charge >= 0.3 is 0 Å². The molecule has 1 aliphatic carbocycles. The summed E-state index contributed by atoms with van der Waals surface area (Å²) < 4.78 is 6.86. The highest BCUT2D eigenvalue weighted by Gasteiger charge is 2.20. The van der Waals surface area contributed by atoms with Gasteiger partial charge < -0.3 is 19.7 Å². The molecule has 1 aromatic heterocycles. The van der Waals surface area contributed by atoms with Crippen LogP contribution in [0.5, 0.6) is 0 Å². The number of aliphatic hydroxyl groups is 1. The lowest BCUT2D eigenvalue weighted by atomic mass is 10.3. The zero-order valence-electron chi connectivity index (χ0n) is 15.4. The summed E-state index contributed by atoms with van der Waals surface area (Å²) in [6.07, 6.45) is 8.63. The molecular weight excluding hydrogens is 352 g/mol. The predicted octanol–water partition coefficient (Wildman–Crippen LogP) is 3.65. The predicted molar refractivity (Wildman–Crippen MR) is 106 cm³/mol. The molecule has 1 fully saturated rings. The monoisotopic (exact) mass is 376 g/mol. The van der Waals surface area contributed by atoms with Crippen molar-refractivity contribution in [2.45, 2.75) is 25.8 Å². The molecule has 1 aliphatic rings. The molecule has 1 heterocycles. The molecule has 140 valence electrons. The van der Waals surface area contributed by atoms with Crippen molar-refractivity contribution in [3.05, 3.63) is 59.9 Å². The third-order valence-corrected chi connectivity index (χ3v) is 4.12. The number of halogens is 1. The second kappa shape index (κ2) is 9.29. The van der Waals surface area contributed by atoms with Gasteiger partial charge in [-0.25, -0.2) is 4.98 Å². The highest BCUT2D eigenvalue weighted by Crippen LogP contribution is 2.23. The summed E-state index contributed by atoms with van der Waals surface area (Å²) in [7, 11) is 3.45. The summed E-state index contributed by atoms with van der Waals surface area (Å²) >= 11 is 6.04. The van der Waals surface area contributed by atoms with Crippen LogP contribution in [0.1, 0.15) is 25.6 Å². The first-order chi connectivity index (χ1) is 12.5. The SMILES string of the molecule is C=C(/C=C\C=C(/CCl)Nc1cc(=NC2CC2)n(C)c(C(C)=CO)n1)OC. The Balaban J connectivity index is 2.37. The summed E-state index contributed by atoms with van der Waals surface area (Å²) in [5, 5.41) is 12.6. The van der Waals surface area contributed by atoms with Gasteiger partial charge in [0.2, 0.25) is 0 Å². The van der Waals surface area contributed by atoms with Crippen molar-refractivity contribution < 1.29 is 9.84 Å². The molecule has 0 spiro atoms. The van der Waals surface area contributed by atoms with E-state index in [9.17, 15) is 5.11 Å². The van der Waals surface area contributed by atoms with E-state index in [1.54, 1.807) is 26.2 Å². The number of aliphatic hydroxyl groups excluding tert-OH is 1. The molecule has 26 heavy (non-hydrogen) atoms. The highest BCUT2D eigenvalue weighted by molar-refractivity contribution is 6.19. The van der Waals surface area contributed by atoms with Crippen LogP contribution in [0.3, 0.4) is 0 Å². The smallest absolute Gasteiger partial charge is 0.142 e. The van der Waals surface area contributed by atoms with Gasteiger partial charge in [0.15, 0.2) is 0 Å². The summed E-state index contributed by atoms with van der Waals surface area (Å²) in [4.78, 5) is 9.29. The van der Waals surface area contributed by atoms with E-state index < -0.39 is 0 Å². The molecule has 2 rings (SSSR count). The number of ether oxygens (including phenoxy) is 1. The minimum atomic E-state index is 0.283. The second-order valence-corrected chi connectivity index (χ2v) is 6.30. The Labute approximate surface area is 158 Å². The number of hydrogen-bond donors (Lipinski definition) is 2. The van der Waals surface area contributed by atoms with Crippen molar-refractivity contribution in [2.24, 2.45) is 12.0 Å². The van der Waals surface area contributed by atoms with Crippen molar-refractivity contribution >= 4 is 23.0 Å². The van der Waals surface area contributed by atoms with Gasteiger partial charge in [0.1, 0.15) is 22.9 Å². The maximum absolute atomic E-state index is 9.38. The topological polar surface area (TPSA) is 71.7 Å². The van der Waals surface area contributed by atoms with Crippen LogP contribution in [0.15, 0.2) is 53.6 Å². The Morgan fingerprint density at radius 3 is 2.88 bits per heavy atom. The van der Waals surface area contributed by atoms with Crippen LogP contribution in [-0.4, -0.2) is 33.7 Å². The average molecular weight is 377 g/mol. The Bertz CT molecular complexity index is 817. The van der Waals surface area contributed by atoms with Crippen LogP contribution in [0.25, 0.3) is 5.57 Å². The Morgan fingerprint density at radius 1 is 1.58 bits per heavy atom. The quantitative estimate of drug-likeness (QED) is 0.412. The van der Waals surface area contributed by atoms with E-state index in [2.05, 4.69) is 16.9 Å². The number of aromatic nitrogens is 2. The fraction of sp³-hybridized carbons (Fsp3) is 0.368. The minimum absolute atomic E-state index is 0.283. The Hall–Kier alpha value is -2.47. The van der Waals surface area contributed by atoms with Gasteiger partial charge in [0.25, 0.3) is 0 Å². The van der Waals surface area contributed by atoms with Crippen LogP contribution in [-0.2, 0) is 11.8 Å². The van der Waals surface area contributed by atoms with Crippen molar-refractivity contribution in [2.75, 3.05) is 18.3 Å². The standard InChI is InChI=1S/C19H25ClN4O2/c1-13(12-25)19-23-17(10-18(24(19)3)22-15-8-9-15)21-16(11-20)7-5-6-14(2)26-4/h5-7,10,12,15,21,25H,2,8-9,11H2,1,3-4H3/b6-5-,13-12?,16-7+,22-18?. The number of anilines is 1. The first-order valence-corrected chi connectivity index (χ1v) is 8.88. The molecule has 0 bridgehead atoms. The molecule has 0 atom stereocenters. The van der Waals surface area contributed by atoms with E-state index in [1.807, 2.05) is 23.8 Å². The van der Waals surface area contributed by atoms with Gasteiger partial charge in [-0.1, -0.05) is 12.7 Å². The number of alkyl halides is 1. The fourth-order valence-corrected chi connectivity index (χ4v) is 2.32. The van der Waals surface area contributed by atoms with Crippen LogP contribution in [0, 0.1) is 0 Å². The molecule has 0 unspecified atom stereocenters. The van der Waals surface area contributed by atoms with Gasteiger partial charge in [-0.2, -0.15) is 0 Å². The number of rotatable bonds is 8. The summed E-state index contributed by atoms with van der Waals surface area (Å²) in [6.45, 7) is 5.52. The van der Waals surface area contributed by atoms with Crippen LogP contribution < -0.4 is 10.8 Å². The number of allylic oxidation sites excluding steroid dienone is 5. The maximum Gasteiger partial charge on any atom is 0.142 e. The van der Waals surface area contributed by atoms with E-state index >= 15 is 0 Å². The van der Waals surface area contributed by atoms with Crippen molar-refractivity contribution in [1.82, 2.24) is 9.55 Å². The molecule has 2 N–H and O–H groups in total. The molecule has 0 amide bonds. The van der Waals surface area contributed by atoms with Crippen LogP contribution in [0.4, 0.5) is 5.82 Å². The van der Waals surface area contributed by atoms with Gasteiger partial charge in [0.05, 0.1) is 25.3 Å². The fourth-order valence-electron chi connectivity index (χ4n) is 2.16. The summed E-state index contributed by atoms with van der Waals surface area (Å²) in [5.41, 5.74) is 2.22. The van der Waals surface area contributed by atoms with E-state index in [4.69, 9.17) is 21.3 Å². The molecular formula is C19H25ClN4O2. The highest BCUT2D eigenvalue weighted by atomic mass is 35.5. The molecule has 1 aromatic rings. The van der Waals surface area contributed by atoms with E-state index in [0.717, 1.165) is 30.3 Å². The molecule has 0 radical (unpaired) electrons. The largest absolute Gasteiger partial charge is 0.515 e. The third kappa shape index (κ3) is 5.52. The maximum atomic E-state index is 9.38.